The van der Waals surface area contributed by atoms with Gasteiger partial charge in [-0.2, -0.15) is 4.31 Å². The van der Waals surface area contributed by atoms with E-state index < -0.39 is 10.0 Å². The Labute approximate surface area is 173 Å². The van der Waals surface area contributed by atoms with Gasteiger partial charge in [-0.25, -0.2) is 8.42 Å². The number of rotatable bonds is 4. The van der Waals surface area contributed by atoms with Crippen LogP contribution in [0.15, 0.2) is 23.1 Å². The van der Waals surface area contributed by atoms with Crippen LogP contribution >= 0.6 is 0 Å². The molecule has 3 heterocycles. The lowest BCUT2D eigenvalue weighted by molar-refractivity contribution is 0.0729. The minimum atomic E-state index is -3.63. The molecule has 1 amide bonds. The molecule has 3 fully saturated rings. The number of nitrogens with zero attached hydrogens (tertiary/aromatic N) is 3. The number of morpholine rings is 1. The van der Waals surface area contributed by atoms with Crippen LogP contribution in [0.25, 0.3) is 0 Å². The fraction of sp³-hybridized carbons (Fsp3) is 0.667. The summed E-state index contributed by atoms with van der Waals surface area (Å²) < 4.78 is 33.1. The molecule has 3 aliphatic rings. The van der Waals surface area contributed by atoms with E-state index in [0.29, 0.717) is 31.9 Å². The van der Waals surface area contributed by atoms with Crippen molar-refractivity contribution >= 4 is 21.6 Å². The summed E-state index contributed by atoms with van der Waals surface area (Å²) in [6.45, 7) is 4.84. The van der Waals surface area contributed by atoms with Gasteiger partial charge in [0.1, 0.15) is 0 Å². The molecule has 4 rings (SSSR count). The van der Waals surface area contributed by atoms with Crippen LogP contribution in [0.4, 0.5) is 5.69 Å². The number of anilines is 1. The van der Waals surface area contributed by atoms with E-state index in [1.54, 1.807) is 12.1 Å². The molecule has 29 heavy (non-hydrogen) atoms. The van der Waals surface area contributed by atoms with Gasteiger partial charge in [0.25, 0.3) is 5.91 Å². The van der Waals surface area contributed by atoms with Crippen molar-refractivity contribution in [1.82, 2.24) is 9.21 Å². The van der Waals surface area contributed by atoms with Crippen LogP contribution in [-0.4, -0.2) is 76.0 Å². The molecule has 0 aromatic heterocycles. The van der Waals surface area contributed by atoms with Crippen LogP contribution < -0.4 is 4.90 Å². The second kappa shape index (κ2) is 9.02. The molecule has 160 valence electrons. The Balaban J connectivity index is 1.69. The minimum Gasteiger partial charge on any atom is -0.379 e. The SMILES string of the molecule is O=C(c1cc(S(=O)(=O)N2CCOCC2)ccc1N1CCCC1)N1CCCCCC1. The number of hydrogen-bond donors (Lipinski definition) is 0. The third kappa shape index (κ3) is 4.44. The highest BCUT2D eigenvalue weighted by Gasteiger charge is 2.30. The maximum atomic E-state index is 13.5. The smallest absolute Gasteiger partial charge is 0.256 e. The summed E-state index contributed by atoms with van der Waals surface area (Å²) in [5, 5.41) is 0. The topological polar surface area (TPSA) is 70.2 Å². The van der Waals surface area contributed by atoms with Crippen molar-refractivity contribution in [1.29, 1.82) is 0 Å². The van der Waals surface area contributed by atoms with Gasteiger partial charge in [-0.15, -0.1) is 0 Å². The summed E-state index contributed by atoms with van der Waals surface area (Å²) in [5.41, 5.74) is 1.40. The molecule has 8 heteroatoms. The van der Waals surface area contributed by atoms with Gasteiger partial charge >= 0.3 is 0 Å². The van der Waals surface area contributed by atoms with E-state index in [2.05, 4.69) is 4.90 Å². The van der Waals surface area contributed by atoms with Crippen molar-refractivity contribution in [2.75, 3.05) is 57.4 Å². The first kappa shape index (κ1) is 20.6. The Kier molecular flexibility index (Phi) is 6.41. The number of hydrogen-bond acceptors (Lipinski definition) is 5. The van der Waals surface area contributed by atoms with Gasteiger partial charge in [0.2, 0.25) is 10.0 Å². The van der Waals surface area contributed by atoms with Crippen LogP contribution in [0.2, 0.25) is 0 Å². The van der Waals surface area contributed by atoms with Gasteiger partial charge in [-0.3, -0.25) is 4.79 Å². The Bertz CT molecular complexity index is 822. The van der Waals surface area contributed by atoms with Crippen LogP contribution in [0.3, 0.4) is 0 Å². The first-order valence-electron chi connectivity index (χ1n) is 10.8. The fourth-order valence-corrected chi connectivity index (χ4v) is 5.90. The van der Waals surface area contributed by atoms with Crippen molar-refractivity contribution in [3.63, 3.8) is 0 Å². The Morgan fingerprint density at radius 3 is 2.10 bits per heavy atom. The Morgan fingerprint density at radius 1 is 0.828 bits per heavy atom. The van der Waals surface area contributed by atoms with Crippen LogP contribution in [-0.2, 0) is 14.8 Å². The predicted molar refractivity (Wildman–Crippen MR) is 112 cm³/mol. The van der Waals surface area contributed by atoms with Crippen LogP contribution in [0.1, 0.15) is 48.9 Å². The molecule has 0 saturated carbocycles. The van der Waals surface area contributed by atoms with Crippen molar-refractivity contribution in [3.8, 4) is 0 Å². The standard InChI is InChI=1S/C21H31N3O4S/c25-21(23-11-3-1-2-4-12-23)19-17-18(7-8-20(19)22-9-5-6-10-22)29(26,27)24-13-15-28-16-14-24/h7-8,17H,1-6,9-16H2. The quantitative estimate of drug-likeness (QED) is 0.746. The van der Waals surface area contributed by atoms with Crippen molar-refractivity contribution in [2.24, 2.45) is 0 Å². The molecular formula is C21H31N3O4S. The lowest BCUT2D eigenvalue weighted by atomic mass is 10.1. The normalized spacial score (nSPS) is 21.9. The third-order valence-electron chi connectivity index (χ3n) is 6.15. The summed E-state index contributed by atoms with van der Waals surface area (Å²) >= 11 is 0. The molecule has 1 aromatic rings. The van der Waals surface area contributed by atoms with E-state index in [4.69, 9.17) is 4.74 Å². The van der Waals surface area contributed by atoms with E-state index in [1.807, 2.05) is 11.0 Å². The predicted octanol–water partition coefficient (Wildman–Crippen LogP) is 2.32. The average Bonchev–Trinajstić information content (AvgIpc) is 3.15. The van der Waals surface area contributed by atoms with Crippen molar-refractivity contribution < 1.29 is 17.9 Å². The summed E-state index contributed by atoms with van der Waals surface area (Å²) in [5.74, 6) is -0.0344. The van der Waals surface area contributed by atoms with Gasteiger partial charge in [0.05, 0.1) is 23.7 Å². The van der Waals surface area contributed by atoms with E-state index in [-0.39, 0.29) is 10.8 Å². The number of sulfonamides is 1. The monoisotopic (exact) mass is 421 g/mol. The number of amides is 1. The second-order valence-electron chi connectivity index (χ2n) is 8.10. The molecule has 0 spiro atoms. The summed E-state index contributed by atoms with van der Waals surface area (Å²) in [6, 6.07) is 5.12. The summed E-state index contributed by atoms with van der Waals surface area (Å²) in [6.07, 6.45) is 6.52. The van der Waals surface area contributed by atoms with Gasteiger partial charge in [-0.05, 0) is 43.9 Å². The van der Waals surface area contributed by atoms with E-state index in [1.165, 1.54) is 4.31 Å². The molecule has 0 bridgehead atoms. The third-order valence-corrected chi connectivity index (χ3v) is 8.04. The molecule has 1 aromatic carbocycles. The van der Waals surface area contributed by atoms with E-state index >= 15 is 0 Å². The highest BCUT2D eigenvalue weighted by atomic mass is 32.2. The van der Waals surface area contributed by atoms with Gasteiger partial charge in [0, 0.05) is 45.0 Å². The van der Waals surface area contributed by atoms with E-state index in [0.717, 1.165) is 70.4 Å². The maximum absolute atomic E-state index is 13.5. The number of carbonyl (C=O) groups excluding carboxylic acids is 1. The maximum Gasteiger partial charge on any atom is 0.256 e. The van der Waals surface area contributed by atoms with Crippen LogP contribution in [0.5, 0.6) is 0 Å². The molecule has 3 saturated heterocycles. The minimum absolute atomic E-state index is 0.0344. The number of benzene rings is 1. The number of likely N-dealkylation sites (tertiary alicyclic amines) is 1. The zero-order valence-corrected chi connectivity index (χ0v) is 17.8. The van der Waals surface area contributed by atoms with Gasteiger partial charge < -0.3 is 14.5 Å². The van der Waals surface area contributed by atoms with Crippen molar-refractivity contribution in [3.05, 3.63) is 23.8 Å². The average molecular weight is 422 g/mol. The lowest BCUT2D eigenvalue weighted by Gasteiger charge is -2.28. The fourth-order valence-electron chi connectivity index (χ4n) is 4.46. The van der Waals surface area contributed by atoms with Gasteiger partial charge in [-0.1, -0.05) is 12.8 Å². The number of ether oxygens (including phenoxy) is 1. The lowest BCUT2D eigenvalue weighted by Crippen LogP contribution is -2.40. The van der Waals surface area contributed by atoms with Crippen molar-refractivity contribution in [2.45, 2.75) is 43.4 Å². The zero-order chi connectivity index (χ0) is 20.3. The Hall–Kier alpha value is -1.64. The summed E-state index contributed by atoms with van der Waals surface area (Å²) in [4.78, 5) is 17.8. The summed E-state index contributed by atoms with van der Waals surface area (Å²) in [7, 11) is -3.63. The van der Waals surface area contributed by atoms with Crippen LogP contribution in [0, 0.1) is 0 Å². The molecule has 0 N–H and O–H groups in total. The molecule has 0 atom stereocenters. The first-order valence-corrected chi connectivity index (χ1v) is 12.3. The van der Waals surface area contributed by atoms with E-state index in [9.17, 15) is 13.2 Å². The number of carbonyl (C=O) groups is 1. The molecule has 7 nitrogen and oxygen atoms in total. The highest BCUT2D eigenvalue weighted by Crippen LogP contribution is 2.30. The molecule has 0 aliphatic carbocycles. The zero-order valence-electron chi connectivity index (χ0n) is 17.0. The molecule has 0 radical (unpaired) electrons. The Morgan fingerprint density at radius 2 is 1.45 bits per heavy atom. The molecular weight excluding hydrogens is 390 g/mol. The second-order valence-corrected chi connectivity index (χ2v) is 10.0. The van der Waals surface area contributed by atoms with Gasteiger partial charge in [0.15, 0.2) is 0 Å². The molecule has 3 aliphatic heterocycles. The first-order chi connectivity index (χ1) is 14.1. The molecule has 0 unspecified atom stereocenters. The highest BCUT2D eigenvalue weighted by molar-refractivity contribution is 7.89. The largest absolute Gasteiger partial charge is 0.379 e.